The van der Waals surface area contributed by atoms with Crippen molar-refractivity contribution < 1.29 is 17.6 Å². The van der Waals surface area contributed by atoms with Crippen molar-refractivity contribution in [3.05, 3.63) is 29.6 Å². The van der Waals surface area contributed by atoms with Crippen molar-refractivity contribution in [2.75, 3.05) is 16.4 Å². The molecule has 2 saturated heterocycles. The van der Waals surface area contributed by atoms with E-state index in [1.54, 1.807) is 24.0 Å². The van der Waals surface area contributed by atoms with Gasteiger partial charge in [0.15, 0.2) is 15.0 Å². The second-order valence-corrected chi connectivity index (χ2v) is 10.4. The molecule has 3 rings (SSSR count). The van der Waals surface area contributed by atoms with Gasteiger partial charge in [-0.3, -0.25) is 4.79 Å². The van der Waals surface area contributed by atoms with Crippen LogP contribution in [0, 0.1) is 18.7 Å². The van der Waals surface area contributed by atoms with Crippen molar-refractivity contribution in [1.82, 2.24) is 0 Å². The zero-order valence-corrected chi connectivity index (χ0v) is 16.0. The van der Waals surface area contributed by atoms with Gasteiger partial charge in [-0.1, -0.05) is 31.7 Å². The Kier molecular flexibility index (Phi) is 4.94. The highest BCUT2D eigenvalue weighted by molar-refractivity contribution is 8.16. The van der Waals surface area contributed by atoms with E-state index in [0.29, 0.717) is 22.8 Å². The number of hydrogen-bond donors (Lipinski definition) is 0. The second-order valence-electron chi connectivity index (χ2n) is 6.99. The van der Waals surface area contributed by atoms with Gasteiger partial charge in [-0.2, -0.15) is 4.99 Å². The topological polar surface area (TPSA) is 66.8 Å². The summed E-state index contributed by atoms with van der Waals surface area (Å²) >= 11 is 1.31. The van der Waals surface area contributed by atoms with E-state index in [1.807, 2.05) is 13.8 Å². The van der Waals surface area contributed by atoms with Crippen LogP contribution in [-0.4, -0.2) is 42.3 Å². The van der Waals surface area contributed by atoms with Gasteiger partial charge in [0.05, 0.1) is 17.5 Å². The van der Waals surface area contributed by atoms with E-state index < -0.39 is 9.84 Å². The third-order valence-electron chi connectivity index (χ3n) is 4.30. The Labute approximate surface area is 151 Å². The Morgan fingerprint density at radius 1 is 1.40 bits per heavy atom. The maximum Gasteiger partial charge on any atom is 0.248 e. The van der Waals surface area contributed by atoms with Crippen LogP contribution in [0.25, 0.3) is 0 Å². The van der Waals surface area contributed by atoms with Gasteiger partial charge >= 0.3 is 0 Å². The highest BCUT2D eigenvalue weighted by Gasteiger charge is 2.49. The van der Waals surface area contributed by atoms with Crippen LogP contribution in [-0.2, 0) is 14.6 Å². The maximum atomic E-state index is 14.0. The van der Waals surface area contributed by atoms with E-state index in [1.165, 1.54) is 17.8 Å². The van der Waals surface area contributed by atoms with E-state index in [9.17, 15) is 17.6 Å². The molecule has 5 nitrogen and oxygen atoms in total. The lowest BCUT2D eigenvalue weighted by Gasteiger charge is -2.24. The lowest BCUT2D eigenvalue weighted by Crippen LogP contribution is -2.37. The van der Waals surface area contributed by atoms with Gasteiger partial charge in [0.2, 0.25) is 5.91 Å². The van der Waals surface area contributed by atoms with E-state index in [-0.39, 0.29) is 40.4 Å². The summed E-state index contributed by atoms with van der Waals surface area (Å²) in [6.07, 6.45) is 0.327. The van der Waals surface area contributed by atoms with Crippen LogP contribution in [0.2, 0.25) is 0 Å². The van der Waals surface area contributed by atoms with Crippen LogP contribution in [0.3, 0.4) is 0 Å². The number of benzene rings is 1. The highest BCUT2D eigenvalue weighted by atomic mass is 32.2. The van der Waals surface area contributed by atoms with Crippen LogP contribution in [0.4, 0.5) is 10.1 Å². The molecule has 0 N–H and O–H groups in total. The van der Waals surface area contributed by atoms with Crippen molar-refractivity contribution in [1.29, 1.82) is 0 Å². The normalized spacial score (nSPS) is 26.4. The standard InChI is InChI=1S/C17H21FN2O3S2/c1-10(2)6-16(21)19-17-20(12-5-4-11(3)13(18)7-12)14-8-25(22,23)9-15(14)24-17/h4-5,7,10,14-15H,6,8-9H2,1-3H3/t14-,15+/m1/s1. The molecular weight excluding hydrogens is 363 g/mol. The van der Waals surface area contributed by atoms with Crippen LogP contribution in [0.5, 0.6) is 0 Å². The zero-order valence-electron chi connectivity index (χ0n) is 14.4. The number of carbonyl (C=O) groups is 1. The summed E-state index contributed by atoms with van der Waals surface area (Å²) in [7, 11) is -3.13. The Bertz CT molecular complexity index is 836. The molecule has 0 saturated carbocycles. The number of halogens is 1. The minimum Gasteiger partial charge on any atom is -0.315 e. The highest BCUT2D eigenvalue weighted by Crippen LogP contribution is 2.41. The average Bonchev–Trinajstić information content (AvgIpc) is 2.92. The van der Waals surface area contributed by atoms with Crippen molar-refractivity contribution in [2.24, 2.45) is 10.9 Å². The number of thioether (sulfide) groups is 1. The third-order valence-corrected chi connectivity index (χ3v) is 7.51. The number of nitrogens with zero attached hydrogens (tertiary/aromatic N) is 2. The summed E-state index contributed by atoms with van der Waals surface area (Å²) in [4.78, 5) is 18.1. The quantitative estimate of drug-likeness (QED) is 0.802. The van der Waals surface area contributed by atoms with Crippen molar-refractivity contribution in [3.63, 3.8) is 0 Å². The summed E-state index contributed by atoms with van der Waals surface area (Å²) < 4.78 is 38.0. The van der Waals surface area contributed by atoms with Crippen LogP contribution in [0.1, 0.15) is 25.8 Å². The molecule has 136 valence electrons. The molecule has 1 amide bonds. The van der Waals surface area contributed by atoms with Crippen LogP contribution in [0.15, 0.2) is 23.2 Å². The van der Waals surface area contributed by atoms with E-state index in [0.717, 1.165) is 0 Å². The lowest BCUT2D eigenvalue weighted by molar-refractivity contribution is -0.118. The zero-order chi connectivity index (χ0) is 18.4. The van der Waals surface area contributed by atoms with Gasteiger partial charge in [0, 0.05) is 17.4 Å². The first-order valence-corrected chi connectivity index (χ1v) is 10.9. The van der Waals surface area contributed by atoms with Crippen molar-refractivity contribution >= 4 is 38.4 Å². The fourth-order valence-electron chi connectivity index (χ4n) is 3.10. The number of rotatable bonds is 3. The predicted molar refractivity (Wildman–Crippen MR) is 99.3 cm³/mol. The number of anilines is 1. The Hall–Kier alpha value is -1.41. The molecule has 2 aliphatic rings. The minimum atomic E-state index is -3.13. The Morgan fingerprint density at radius 3 is 2.76 bits per heavy atom. The van der Waals surface area contributed by atoms with Crippen molar-refractivity contribution in [2.45, 2.75) is 38.5 Å². The van der Waals surface area contributed by atoms with Gasteiger partial charge in [0.1, 0.15) is 5.82 Å². The fraction of sp³-hybridized carbons (Fsp3) is 0.529. The number of amidine groups is 1. The molecular formula is C17H21FN2O3S2. The molecule has 2 atom stereocenters. The van der Waals surface area contributed by atoms with Crippen LogP contribution >= 0.6 is 11.8 Å². The fourth-order valence-corrected chi connectivity index (χ4v) is 7.03. The molecule has 0 spiro atoms. The number of fused-ring (bicyclic) bond motifs is 1. The lowest BCUT2D eigenvalue weighted by atomic mass is 10.1. The molecule has 8 heteroatoms. The number of carbonyl (C=O) groups excluding carboxylic acids is 1. The molecule has 0 unspecified atom stereocenters. The monoisotopic (exact) mass is 384 g/mol. The van der Waals surface area contributed by atoms with Gasteiger partial charge in [-0.15, -0.1) is 0 Å². The van der Waals surface area contributed by atoms with E-state index in [2.05, 4.69) is 4.99 Å². The van der Waals surface area contributed by atoms with Gasteiger partial charge in [0.25, 0.3) is 0 Å². The molecule has 1 aromatic carbocycles. The predicted octanol–water partition coefficient (Wildman–Crippen LogP) is 2.78. The molecule has 0 bridgehead atoms. The SMILES string of the molecule is Cc1ccc(N2C(=NC(=O)CC(C)C)S[C@H]3CS(=O)(=O)C[C@H]32)cc1F. The number of hydrogen-bond acceptors (Lipinski definition) is 4. The summed E-state index contributed by atoms with van der Waals surface area (Å²) in [6, 6.07) is 4.46. The third kappa shape index (κ3) is 3.89. The number of sulfone groups is 1. The Morgan fingerprint density at radius 2 is 2.12 bits per heavy atom. The first kappa shape index (κ1) is 18.4. The largest absolute Gasteiger partial charge is 0.315 e. The number of aryl methyl sites for hydroxylation is 1. The number of aliphatic imine (C=N–C) groups is 1. The Balaban J connectivity index is 1.99. The van der Waals surface area contributed by atoms with Gasteiger partial charge in [-0.25, -0.2) is 12.8 Å². The molecule has 0 aromatic heterocycles. The summed E-state index contributed by atoms with van der Waals surface area (Å²) in [5, 5.41) is 0.291. The van der Waals surface area contributed by atoms with E-state index in [4.69, 9.17) is 0 Å². The molecule has 1 aromatic rings. The first-order chi connectivity index (χ1) is 11.7. The first-order valence-electron chi connectivity index (χ1n) is 8.20. The summed E-state index contributed by atoms with van der Waals surface area (Å²) in [5.74, 6) is -0.353. The minimum absolute atomic E-state index is 0.00243. The second kappa shape index (κ2) is 6.72. The van der Waals surface area contributed by atoms with Gasteiger partial charge < -0.3 is 4.90 Å². The van der Waals surface area contributed by atoms with Gasteiger partial charge in [-0.05, 0) is 30.5 Å². The molecule has 2 heterocycles. The molecule has 0 aliphatic carbocycles. The average molecular weight is 384 g/mol. The molecule has 2 aliphatic heterocycles. The van der Waals surface area contributed by atoms with Crippen molar-refractivity contribution in [3.8, 4) is 0 Å². The molecule has 2 fully saturated rings. The van der Waals surface area contributed by atoms with Crippen LogP contribution < -0.4 is 4.90 Å². The number of amides is 1. The summed E-state index contributed by atoms with van der Waals surface area (Å²) in [5.41, 5.74) is 1.05. The molecule has 0 radical (unpaired) electrons. The molecule has 25 heavy (non-hydrogen) atoms. The smallest absolute Gasteiger partial charge is 0.248 e. The van der Waals surface area contributed by atoms with E-state index >= 15 is 0 Å². The maximum absolute atomic E-state index is 14.0. The summed E-state index contributed by atoms with van der Waals surface area (Å²) in [6.45, 7) is 5.55.